The molecular weight excluding hydrogens is 292 g/mol. The van der Waals surface area contributed by atoms with E-state index in [1.165, 1.54) is 7.11 Å². The highest BCUT2D eigenvalue weighted by Crippen LogP contribution is 2.47. The number of hydrogen-bond donors (Lipinski definition) is 1. The molecule has 6 nitrogen and oxygen atoms in total. The zero-order chi connectivity index (χ0) is 16.6. The summed E-state index contributed by atoms with van der Waals surface area (Å²) in [4.78, 5) is 14.9. The van der Waals surface area contributed by atoms with Crippen molar-refractivity contribution in [1.82, 2.24) is 9.78 Å². The lowest BCUT2D eigenvalue weighted by atomic mass is 10.1. The first-order valence-corrected chi connectivity index (χ1v) is 7.41. The number of nitrogens with zero attached hydrogens (tertiary/aromatic N) is 3. The van der Waals surface area contributed by atoms with Crippen molar-refractivity contribution in [1.29, 1.82) is 0 Å². The van der Waals surface area contributed by atoms with Crippen LogP contribution in [0.5, 0.6) is 0 Å². The molecule has 1 aliphatic rings. The Hall–Kier alpha value is -2.81. The Morgan fingerprint density at radius 3 is 2.61 bits per heavy atom. The van der Waals surface area contributed by atoms with Gasteiger partial charge in [0.25, 0.3) is 5.69 Å². The van der Waals surface area contributed by atoms with Crippen LogP contribution in [0, 0.1) is 6.57 Å². The lowest BCUT2D eigenvalue weighted by Gasteiger charge is -2.11. The number of ether oxygens (including phenoxy) is 1. The Labute approximate surface area is 134 Å². The number of aromatic nitrogens is 2. The third-order valence-corrected chi connectivity index (χ3v) is 4.30. The van der Waals surface area contributed by atoms with Gasteiger partial charge in [0.05, 0.1) is 25.6 Å². The first-order valence-electron chi connectivity index (χ1n) is 7.41. The molecule has 0 bridgehead atoms. The van der Waals surface area contributed by atoms with E-state index in [4.69, 9.17) is 12.3 Å². The second kappa shape index (κ2) is 5.43. The summed E-state index contributed by atoms with van der Waals surface area (Å²) in [6.07, 6.45) is 2.27. The van der Waals surface area contributed by atoms with E-state index in [1.807, 2.05) is 24.3 Å². The van der Waals surface area contributed by atoms with Gasteiger partial charge in [0, 0.05) is 0 Å². The minimum absolute atomic E-state index is 0.0629. The van der Waals surface area contributed by atoms with Gasteiger partial charge in [0.2, 0.25) is 0 Å². The monoisotopic (exact) mass is 310 g/mol. The van der Waals surface area contributed by atoms with Crippen LogP contribution in [0.25, 0.3) is 16.1 Å². The zero-order valence-electron chi connectivity index (χ0n) is 13.2. The minimum atomic E-state index is -0.283. The molecule has 0 saturated heterocycles. The van der Waals surface area contributed by atoms with Crippen molar-refractivity contribution >= 4 is 17.5 Å². The number of carbonyl (C=O) groups is 1. The first-order chi connectivity index (χ1) is 11.0. The van der Waals surface area contributed by atoms with Crippen LogP contribution in [0.15, 0.2) is 24.3 Å². The van der Waals surface area contributed by atoms with Crippen molar-refractivity contribution in [3.63, 3.8) is 0 Å². The van der Waals surface area contributed by atoms with E-state index >= 15 is 0 Å². The van der Waals surface area contributed by atoms with Gasteiger partial charge in [-0.1, -0.05) is 24.3 Å². The second-order valence-corrected chi connectivity index (χ2v) is 6.05. The topological polar surface area (TPSA) is 74.5 Å². The van der Waals surface area contributed by atoms with E-state index in [0.29, 0.717) is 17.2 Å². The molecule has 118 valence electrons. The molecule has 1 aliphatic carbocycles. The largest absolute Gasteiger partial charge is 0.469 e. The summed E-state index contributed by atoms with van der Waals surface area (Å²) >= 11 is 0. The van der Waals surface area contributed by atoms with Crippen molar-refractivity contribution in [3.8, 4) is 11.3 Å². The molecule has 1 fully saturated rings. The number of rotatable bonds is 4. The van der Waals surface area contributed by atoms with Gasteiger partial charge in [-0.05, 0) is 30.9 Å². The molecule has 1 heterocycles. The fraction of sp³-hybridized carbons (Fsp3) is 0.353. The number of methoxy groups -OCH3 is 1. The lowest BCUT2D eigenvalue weighted by molar-refractivity contribution is -0.139. The third kappa shape index (κ3) is 2.66. The molecule has 0 unspecified atom stereocenters. The molecule has 0 atom stereocenters. The van der Waals surface area contributed by atoms with Gasteiger partial charge in [-0.3, -0.25) is 9.48 Å². The summed E-state index contributed by atoms with van der Waals surface area (Å²) in [5, 5.41) is 4.58. The van der Waals surface area contributed by atoms with Crippen LogP contribution in [0.4, 0.5) is 11.5 Å². The fourth-order valence-electron chi connectivity index (χ4n) is 2.55. The Kier molecular flexibility index (Phi) is 3.57. The van der Waals surface area contributed by atoms with Crippen LogP contribution in [0.1, 0.15) is 25.3 Å². The Morgan fingerprint density at radius 2 is 2.09 bits per heavy atom. The molecule has 0 radical (unpaired) electrons. The van der Waals surface area contributed by atoms with E-state index in [0.717, 1.165) is 24.0 Å². The average molecular weight is 310 g/mol. The second-order valence-electron chi connectivity index (χ2n) is 6.05. The number of benzene rings is 1. The summed E-state index contributed by atoms with van der Waals surface area (Å²) < 4.78 is 6.43. The molecule has 6 heteroatoms. The maximum atomic E-state index is 11.3. The molecule has 2 N–H and O–H groups in total. The highest BCUT2D eigenvalue weighted by Gasteiger charge is 2.42. The highest BCUT2D eigenvalue weighted by atomic mass is 16.5. The van der Waals surface area contributed by atoms with Crippen molar-refractivity contribution in [3.05, 3.63) is 41.2 Å². The number of nitrogen functional groups attached to an aromatic ring is 1. The summed E-state index contributed by atoms with van der Waals surface area (Å²) in [7, 11) is 1.37. The van der Waals surface area contributed by atoms with Crippen molar-refractivity contribution in [2.24, 2.45) is 0 Å². The molecule has 23 heavy (non-hydrogen) atoms. The number of carbonyl (C=O) groups excluding carboxylic acids is 1. The molecule has 1 saturated carbocycles. The van der Waals surface area contributed by atoms with Gasteiger partial charge in [0.1, 0.15) is 11.5 Å². The lowest BCUT2D eigenvalue weighted by Crippen LogP contribution is -2.16. The van der Waals surface area contributed by atoms with Gasteiger partial charge in [-0.25, -0.2) is 4.85 Å². The molecule has 3 rings (SSSR count). The van der Waals surface area contributed by atoms with Crippen LogP contribution in [0.2, 0.25) is 0 Å². The minimum Gasteiger partial charge on any atom is -0.469 e. The number of hydrogen-bond acceptors (Lipinski definition) is 4. The first kappa shape index (κ1) is 15.1. The van der Waals surface area contributed by atoms with E-state index < -0.39 is 0 Å². The van der Waals surface area contributed by atoms with Crippen LogP contribution in [-0.4, -0.2) is 22.9 Å². The molecule has 2 aromatic rings. The Bertz CT molecular complexity index is 795. The molecule has 0 amide bonds. The predicted molar refractivity (Wildman–Crippen MR) is 86.9 cm³/mol. The molecule has 1 aromatic heterocycles. The summed E-state index contributed by atoms with van der Waals surface area (Å²) in [5.41, 5.74) is 8.71. The van der Waals surface area contributed by atoms with Crippen LogP contribution in [-0.2, 0) is 21.5 Å². The number of anilines is 1. The molecular formula is C17H18N4O2. The quantitative estimate of drug-likeness (QED) is 0.696. The van der Waals surface area contributed by atoms with Crippen LogP contribution < -0.4 is 5.73 Å². The number of nitrogens with two attached hydrogens (primary N) is 1. The van der Waals surface area contributed by atoms with Crippen molar-refractivity contribution in [2.75, 3.05) is 12.8 Å². The van der Waals surface area contributed by atoms with Crippen LogP contribution >= 0.6 is 0 Å². The van der Waals surface area contributed by atoms with Gasteiger partial charge in [-0.2, -0.15) is 5.10 Å². The third-order valence-electron chi connectivity index (χ3n) is 4.30. The van der Waals surface area contributed by atoms with Crippen molar-refractivity contribution < 1.29 is 9.53 Å². The van der Waals surface area contributed by atoms with Crippen LogP contribution in [0.3, 0.4) is 0 Å². The molecule has 1 aromatic carbocycles. The average Bonchev–Trinajstić information content (AvgIpc) is 3.20. The fourth-order valence-corrected chi connectivity index (χ4v) is 2.55. The zero-order valence-corrected chi connectivity index (χ0v) is 13.2. The summed E-state index contributed by atoms with van der Waals surface area (Å²) in [6, 6.07) is 7.39. The maximum Gasteiger partial charge on any atom is 0.309 e. The number of esters is 1. The maximum absolute atomic E-state index is 11.3. The smallest absolute Gasteiger partial charge is 0.309 e. The molecule has 0 aliphatic heterocycles. The van der Waals surface area contributed by atoms with Gasteiger partial charge in [-0.15, -0.1) is 0 Å². The SMILES string of the molecule is [C-]#[N+]c1c(-c2ccc(CC(=O)OC)cc2)nn(C2(C)CC2)c1N. The predicted octanol–water partition coefficient (Wildman–Crippen LogP) is 2.91. The summed E-state index contributed by atoms with van der Waals surface area (Å²) in [5.74, 6) is 0.142. The van der Waals surface area contributed by atoms with Crippen molar-refractivity contribution in [2.45, 2.75) is 31.7 Å². The van der Waals surface area contributed by atoms with E-state index in [1.54, 1.807) is 4.68 Å². The van der Waals surface area contributed by atoms with Gasteiger partial charge in [0.15, 0.2) is 0 Å². The van der Waals surface area contributed by atoms with E-state index in [9.17, 15) is 4.79 Å². The molecule has 0 spiro atoms. The Balaban J connectivity index is 1.96. The normalized spacial score (nSPS) is 15.0. The van der Waals surface area contributed by atoms with Gasteiger partial charge >= 0.3 is 5.97 Å². The standard InChI is InChI=1S/C17H18N4O2/c1-17(8-9-17)21-16(18)15(19-2)14(20-21)12-6-4-11(5-7-12)10-13(22)23-3/h4-7H,8-10,18H2,1,3H3. The van der Waals surface area contributed by atoms with Gasteiger partial charge < -0.3 is 10.5 Å². The van der Waals surface area contributed by atoms with E-state index in [2.05, 4.69) is 21.6 Å². The summed E-state index contributed by atoms with van der Waals surface area (Å²) in [6.45, 7) is 9.49. The van der Waals surface area contributed by atoms with E-state index in [-0.39, 0.29) is 17.9 Å². The highest BCUT2D eigenvalue weighted by molar-refractivity contribution is 5.83. The Morgan fingerprint density at radius 1 is 1.43 bits per heavy atom.